The van der Waals surface area contributed by atoms with Crippen molar-refractivity contribution in [1.29, 1.82) is 0 Å². The molecule has 0 saturated carbocycles. The molecule has 0 aliphatic carbocycles. The fourth-order valence-corrected chi connectivity index (χ4v) is 3.77. The van der Waals surface area contributed by atoms with Crippen LogP contribution in [0, 0.1) is 13.8 Å². The second kappa shape index (κ2) is 6.99. The lowest BCUT2D eigenvalue weighted by molar-refractivity contribution is -0.0248. The van der Waals surface area contributed by atoms with Gasteiger partial charge in [0.25, 0.3) is 5.91 Å². The van der Waals surface area contributed by atoms with Gasteiger partial charge < -0.3 is 9.64 Å². The summed E-state index contributed by atoms with van der Waals surface area (Å²) in [6, 6.07) is 3.95. The number of nitrogens with zero attached hydrogens (tertiary/aromatic N) is 3. The van der Waals surface area contributed by atoms with Gasteiger partial charge in [-0.2, -0.15) is 0 Å². The first-order valence-electron chi connectivity index (χ1n) is 8.25. The molecule has 1 unspecified atom stereocenters. The van der Waals surface area contributed by atoms with Gasteiger partial charge in [0.05, 0.1) is 24.4 Å². The Bertz CT molecular complexity index is 721. The van der Waals surface area contributed by atoms with E-state index in [0.717, 1.165) is 22.8 Å². The topological polar surface area (TPSA) is 55.3 Å². The molecule has 1 atom stereocenters. The van der Waals surface area contributed by atoms with Crippen molar-refractivity contribution in [1.82, 2.24) is 14.9 Å². The molecular formula is C18H23N3O2S. The predicted molar refractivity (Wildman–Crippen MR) is 94.5 cm³/mol. The predicted octanol–water partition coefficient (Wildman–Crippen LogP) is 3.49. The van der Waals surface area contributed by atoms with Crippen molar-refractivity contribution in [3.05, 3.63) is 45.2 Å². The van der Waals surface area contributed by atoms with Crippen LogP contribution in [0.25, 0.3) is 0 Å². The molecule has 1 fully saturated rings. The lowest BCUT2D eigenvalue weighted by Crippen LogP contribution is -2.42. The SMILES string of the molecule is Cc1cc(C2CN(C(=O)c3csc(C(C)C)c3)CCO2)nc(C)n1. The van der Waals surface area contributed by atoms with Crippen LogP contribution >= 0.6 is 11.3 Å². The number of amides is 1. The molecule has 24 heavy (non-hydrogen) atoms. The van der Waals surface area contributed by atoms with Gasteiger partial charge >= 0.3 is 0 Å². The summed E-state index contributed by atoms with van der Waals surface area (Å²) in [5.41, 5.74) is 2.55. The smallest absolute Gasteiger partial charge is 0.254 e. The molecular weight excluding hydrogens is 322 g/mol. The molecule has 0 radical (unpaired) electrons. The molecule has 128 valence electrons. The van der Waals surface area contributed by atoms with E-state index >= 15 is 0 Å². The highest BCUT2D eigenvalue weighted by molar-refractivity contribution is 7.10. The summed E-state index contributed by atoms with van der Waals surface area (Å²) in [6.07, 6.45) is -0.189. The molecule has 2 aromatic heterocycles. The van der Waals surface area contributed by atoms with E-state index in [9.17, 15) is 4.79 Å². The van der Waals surface area contributed by atoms with E-state index in [4.69, 9.17) is 4.74 Å². The van der Waals surface area contributed by atoms with Gasteiger partial charge in [0.1, 0.15) is 11.9 Å². The van der Waals surface area contributed by atoms with Crippen LogP contribution in [0.3, 0.4) is 0 Å². The highest BCUT2D eigenvalue weighted by atomic mass is 32.1. The largest absolute Gasteiger partial charge is 0.368 e. The van der Waals surface area contributed by atoms with Crippen molar-refractivity contribution >= 4 is 17.2 Å². The maximum absolute atomic E-state index is 12.8. The third-order valence-electron chi connectivity index (χ3n) is 4.11. The Hall–Kier alpha value is -1.79. The van der Waals surface area contributed by atoms with Crippen molar-refractivity contribution < 1.29 is 9.53 Å². The average Bonchev–Trinajstić information content (AvgIpc) is 3.03. The zero-order chi connectivity index (χ0) is 17.3. The van der Waals surface area contributed by atoms with Crippen LogP contribution < -0.4 is 0 Å². The van der Waals surface area contributed by atoms with Crippen LogP contribution in [0.15, 0.2) is 17.5 Å². The standard InChI is InChI=1S/C18H23N3O2S/c1-11(2)17-8-14(10-24-17)18(22)21-5-6-23-16(9-21)15-7-12(3)19-13(4)20-15/h7-8,10-11,16H,5-6,9H2,1-4H3. The zero-order valence-electron chi connectivity index (χ0n) is 14.6. The van der Waals surface area contributed by atoms with Gasteiger partial charge in [-0.1, -0.05) is 13.8 Å². The molecule has 5 nitrogen and oxygen atoms in total. The molecule has 1 saturated heterocycles. The number of ether oxygens (including phenoxy) is 1. The van der Waals surface area contributed by atoms with Crippen LogP contribution in [0.5, 0.6) is 0 Å². The maximum Gasteiger partial charge on any atom is 0.254 e. The van der Waals surface area contributed by atoms with Crippen molar-refractivity contribution in [2.45, 2.75) is 39.7 Å². The second-order valence-corrected chi connectivity index (χ2v) is 7.43. The third kappa shape index (κ3) is 3.65. The highest BCUT2D eigenvalue weighted by Crippen LogP contribution is 2.26. The first-order valence-corrected chi connectivity index (χ1v) is 9.13. The number of aryl methyl sites for hydroxylation is 2. The Morgan fingerprint density at radius 2 is 2.12 bits per heavy atom. The molecule has 2 aromatic rings. The molecule has 1 aliphatic heterocycles. The van der Waals surface area contributed by atoms with Crippen LogP contribution in [0.4, 0.5) is 0 Å². The second-order valence-electron chi connectivity index (χ2n) is 6.48. The molecule has 3 heterocycles. The first-order chi connectivity index (χ1) is 11.4. The van der Waals surface area contributed by atoms with E-state index in [1.54, 1.807) is 11.3 Å². The van der Waals surface area contributed by atoms with Crippen molar-refractivity contribution in [3.63, 3.8) is 0 Å². The summed E-state index contributed by atoms with van der Waals surface area (Å²) in [6.45, 7) is 9.78. The van der Waals surface area contributed by atoms with Gasteiger partial charge in [-0.05, 0) is 31.9 Å². The Kier molecular flexibility index (Phi) is 4.96. The molecule has 0 spiro atoms. The molecule has 0 N–H and O–H groups in total. The van der Waals surface area contributed by atoms with Gasteiger partial charge in [-0.3, -0.25) is 4.79 Å². The Labute approximate surface area is 146 Å². The number of morpholine rings is 1. The summed E-state index contributed by atoms with van der Waals surface area (Å²) >= 11 is 1.65. The molecule has 1 aliphatic rings. The maximum atomic E-state index is 12.8. The Balaban J connectivity index is 1.76. The van der Waals surface area contributed by atoms with E-state index < -0.39 is 0 Å². The summed E-state index contributed by atoms with van der Waals surface area (Å²) in [5, 5.41) is 1.96. The van der Waals surface area contributed by atoms with E-state index in [-0.39, 0.29) is 12.0 Å². The average molecular weight is 345 g/mol. The summed E-state index contributed by atoms with van der Waals surface area (Å²) in [7, 11) is 0. The number of hydrogen-bond donors (Lipinski definition) is 0. The number of aromatic nitrogens is 2. The fourth-order valence-electron chi connectivity index (χ4n) is 2.87. The van der Waals surface area contributed by atoms with Gasteiger partial charge in [-0.25, -0.2) is 9.97 Å². The molecule has 0 bridgehead atoms. The first kappa shape index (κ1) is 17.0. The minimum absolute atomic E-state index is 0.0777. The van der Waals surface area contributed by atoms with Crippen molar-refractivity contribution in [2.24, 2.45) is 0 Å². The fraction of sp³-hybridized carbons (Fsp3) is 0.500. The van der Waals surface area contributed by atoms with Crippen LogP contribution in [0.2, 0.25) is 0 Å². The van der Waals surface area contributed by atoms with E-state index in [2.05, 4.69) is 23.8 Å². The quantitative estimate of drug-likeness (QED) is 0.854. The van der Waals surface area contributed by atoms with Gasteiger partial charge in [0.15, 0.2) is 0 Å². The molecule has 6 heteroatoms. The number of rotatable bonds is 3. The van der Waals surface area contributed by atoms with E-state index in [1.807, 2.05) is 36.3 Å². The highest BCUT2D eigenvalue weighted by Gasteiger charge is 2.28. The Morgan fingerprint density at radius 1 is 1.33 bits per heavy atom. The van der Waals surface area contributed by atoms with Crippen LogP contribution in [0.1, 0.15) is 58.3 Å². The van der Waals surface area contributed by atoms with E-state index in [0.29, 0.717) is 25.6 Å². The zero-order valence-corrected chi connectivity index (χ0v) is 15.4. The van der Waals surface area contributed by atoms with Gasteiger partial charge in [-0.15, -0.1) is 11.3 Å². The van der Waals surface area contributed by atoms with Crippen LogP contribution in [-0.4, -0.2) is 40.5 Å². The number of hydrogen-bond acceptors (Lipinski definition) is 5. The van der Waals surface area contributed by atoms with Crippen molar-refractivity contribution in [3.8, 4) is 0 Å². The Morgan fingerprint density at radius 3 is 2.79 bits per heavy atom. The van der Waals surface area contributed by atoms with Gasteiger partial charge in [0.2, 0.25) is 0 Å². The molecule has 1 amide bonds. The monoisotopic (exact) mass is 345 g/mol. The molecule has 3 rings (SSSR count). The third-order valence-corrected chi connectivity index (χ3v) is 5.34. The summed E-state index contributed by atoms with van der Waals surface area (Å²) < 4.78 is 5.85. The molecule has 0 aromatic carbocycles. The summed E-state index contributed by atoms with van der Waals surface area (Å²) in [4.78, 5) is 24.7. The minimum atomic E-state index is -0.189. The minimum Gasteiger partial charge on any atom is -0.368 e. The number of carbonyl (C=O) groups is 1. The lowest BCUT2D eigenvalue weighted by Gasteiger charge is -2.32. The number of thiophene rings is 1. The normalized spacial score (nSPS) is 18.2. The van der Waals surface area contributed by atoms with E-state index in [1.165, 1.54) is 4.88 Å². The van der Waals surface area contributed by atoms with Crippen LogP contribution in [-0.2, 0) is 4.74 Å². The van der Waals surface area contributed by atoms with Crippen molar-refractivity contribution in [2.75, 3.05) is 19.7 Å². The number of carbonyl (C=O) groups excluding carboxylic acids is 1. The summed E-state index contributed by atoms with van der Waals surface area (Å²) in [5.74, 6) is 1.26. The van der Waals surface area contributed by atoms with Gasteiger partial charge in [0, 0.05) is 22.5 Å². The lowest BCUT2D eigenvalue weighted by atomic mass is 10.1.